The SMILES string of the molecule is CCO[Si](CCCOCCCN=C=O)(OCC)OCC. The molecule has 0 spiro atoms. The van der Waals surface area contributed by atoms with E-state index < -0.39 is 8.80 Å². The highest BCUT2D eigenvalue weighted by Crippen LogP contribution is 2.18. The molecule has 0 saturated carbocycles. The molecule has 118 valence electrons. The van der Waals surface area contributed by atoms with Gasteiger partial charge in [0.1, 0.15) is 0 Å². The lowest BCUT2D eigenvalue weighted by atomic mass is 10.4. The van der Waals surface area contributed by atoms with Gasteiger partial charge in [-0.2, -0.15) is 0 Å². The zero-order valence-electron chi connectivity index (χ0n) is 12.9. The van der Waals surface area contributed by atoms with Crippen molar-refractivity contribution in [3.63, 3.8) is 0 Å². The van der Waals surface area contributed by atoms with Gasteiger partial charge in [0, 0.05) is 39.1 Å². The van der Waals surface area contributed by atoms with Crippen molar-refractivity contribution in [3.05, 3.63) is 0 Å². The van der Waals surface area contributed by atoms with Crippen LogP contribution in [0, 0.1) is 0 Å². The molecule has 20 heavy (non-hydrogen) atoms. The minimum Gasteiger partial charge on any atom is -0.381 e. The molecule has 0 aliphatic heterocycles. The molecule has 0 aliphatic rings. The highest BCUT2D eigenvalue weighted by atomic mass is 28.4. The van der Waals surface area contributed by atoms with E-state index in [1.807, 2.05) is 20.8 Å². The minimum atomic E-state index is -2.53. The Morgan fingerprint density at radius 2 is 1.50 bits per heavy atom. The van der Waals surface area contributed by atoms with E-state index in [9.17, 15) is 4.79 Å². The highest BCUT2D eigenvalue weighted by Gasteiger charge is 2.39. The second-order valence-electron chi connectivity index (χ2n) is 4.02. The van der Waals surface area contributed by atoms with E-state index in [0.717, 1.165) is 18.9 Å². The third-order valence-electron chi connectivity index (χ3n) is 2.49. The predicted octanol–water partition coefficient (Wildman–Crippen LogP) is 2.17. The Morgan fingerprint density at radius 1 is 0.950 bits per heavy atom. The fourth-order valence-corrected chi connectivity index (χ4v) is 4.37. The zero-order chi connectivity index (χ0) is 15.1. The maximum absolute atomic E-state index is 9.87. The summed E-state index contributed by atoms with van der Waals surface area (Å²) in [6, 6.07) is 0.759. The van der Waals surface area contributed by atoms with Gasteiger partial charge in [0.2, 0.25) is 6.08 Å². The Bertz CT molecular complexity index is 254. The normalized spacial score (nSPS) is 11.3. The molecule has 6 nitrogen and oxygen atoms in total. The number of rotatable bonds is 14. The number of hydrogen-bond donors (Lipinski definition) is 0. The summed E-state index contributed by atoms with van der Waals surface area (Å²) in [5.41, 5.74) is 0. The minimum absolute atomic E-state index is 0.471. The maximum Gasteiger partial charge on any atom is 0.501 e. The molecule has 7 heteroatoms. The number of nitrogens with zero attached hydrogens (tertiary/aromatic N) is 1. The fraction of sp³-hybridized carbons (Fsp3) is 0.923. The topological polar surface area (TPSA) is 66.4 Å². The van der Waals surface area contributed by atoms with Gasteiger partial charge < -0.3 is 18.0 Å². The molecule has 0 rings (SSSR count). The Morgan fingerprint density at radius 3 is 2.00 bits per heavy atom. The summed E-state index contributed by atoms with van der Waals surface area (Å²) in [6.07, 6.45) is 3.08. The van der Waals surface area contributed by atoms with E-state index in [2.05, 4.69) is 4.99 Å². The number of ether oxygens (including phenoxy) is 1. The van der Waals surface area contributed by atoms with Crippen LogP contribution < -0.4 is 0 Å². The summed E-state index contributed by atoms with van der Waals surface area (Å²) < 4.78 is 22.7. The summed E-state index contributed by atoms with van der Waals surface area (Å²) in [4.78, 5) is 13.3. The molecule has 0 atom stereocenters. The Kier molecular flexibility index (Phi) is 13.0. The lowest BCUT2D eigenvalue weighted by Gasteiger charge is -2.28. The van der Waals surface area contributed by atoms with E-state index in [4.69, 9.17) is 18.0 Å². The van der Waals surface area contributed by atoms with Crippen LogP contribution >= 0.6 is 0 Å². The van der Waals surface area contributed by atoms with E-state index in [-0.39, 0.29) is 0 Å². The molecule has 0 fully saturated rings. The Balaban J connectivity index is 3.90. The quantitative estimate of drug-likeness (QED) is 0.213. The van der Waals surface area contributed by atoms with Gasteiger partial charge in [-0.3, -0.25) is 0 Å². The first-order valence-corrected chi connectivity index (χ1v) is 9.21. The zero-order valence-corrected chi connectivity index (χ0v) is 13.9. The van der Waals surface area contributed by atoms with E-state index >= 15 is 0 Å². The van der Waals surface area contributed by atoms with Crippen molar-refractivity contribution in [1.29, 1.82) is 0 Å². The number of hydrogen-bond acceptors (Lipinski definition) is 6. The van der Waals surface area contributed by atoms with Gasteiger partial charge in [-0.1, -0.05) is 0 Å². The molecule has 0 aromatic rings. The first-order chi connectivity index (χ1) is 9.74. The van der Waals surface area contributed by atoms with Gasteiger partial charge in [0.25, 0.3) is 0 Å². The summed E-state index contributed by atoms with van der Waals surface area (Å²) in [6.45, 7) is 9.32. The van der Waals surface area contributed by atoms with Crippen LogP contribution in [0.2, 0.25) is 6.04 Å². The van der Waals surface area contributed by atoms with Gasteiger partial charge in [-0.25, -0.2) is 9.79 Å². The van der Waals surface area contributed by atoms with Crippen LogP contribution in [0.25, 0.3) is 0 Å². The monoisotopic (exact) mass is 305 g/mol. The summed E-state index contributed by atoms with van der Waals surface area (Å²) in [5, 5.41) is 0. The first-order valence-electron chi connectivity index (χ1n) is 7.27. The van der Waals surface area contributed by atoms with Crippen molar-refractivity contribution in [3.8, 4) is 0 Å². The molecule has 0 amide bonds. The van der Waals surface area contributed by atoms with Crippen LogP contribution in [0.3, 0.4) is 0 Å². The van der Waals surface area contributed by atoms with Crippen molar-refractivity contribution in [1.82, 2.24) is 0 Å². The molecule has 0 aromatic heterocycles. The summed E-state index contributed by atoms with van der Waals surface area (Å²) in [7, 11) is -2.53. The first kappa shape index (κ1) is 19.4. The van der Waals surface area contributed by atoms with E-state index in [0.29, 0.717) is 39.6 Å². The van der Waals surface area contributed by atoms with Gasteiger partial charge in [0.15, 0.2) is 0 Å². The molecule has 0 N–H and O–H groups in total. The van der Waals surface area contributed by atoms with Crippen molar-refractivity contribution in [2.45, 2.75) is 39.7 Å². The summed E-state index contributed by atoms with van der Waals surface area (Å²) >= 11 is 0. The van der Waals surface area contributed by atoms with E-state index in [1.54, 1.807) is 0 Å². The van der Waals surface area contributed by atoms with Crippen LogP contribution in [0.1, 0.15) is 33.6 Å². The van der Waals surface area contributed by atoms with Crippen LogP contribution in [0.5, 0.6) is 0 Å². The molecule has 0 aromatic carbocycles. The smallest absolute Gasteiger partial charge is 0.381 e. The molecular formula is C13H27NO5Si. The number of isocyanates is 1. The van der Waals surface area contributed by atoms with Crippen molar-refractivity contribution >= 4 is 14.9 Å². The maximum atomic E-state index is 9.87. The molecule has 0 unspecified atom stereocenters. The van der Waals surface area contributed by atoms with Gasteiger partial charge in [-0.05, 0) is 33.6 Å². The lowest BCUT2D eigenvalue weighted by molar-refractivity contribution is 0.0659. The number of aliphatic imine (C=N–C) groups is 1. The average Bonchev–Trinajstić information content (AvgIpc) is 2.43. The average molecular weight is 305 g/mol. The lowest BCUT2D eigenvalue weighted by Crippen LogP contribution is -2.46. The second kappa shape index (κ2) is 13.4. The third-order valence-corrected chi connectivity index (χ3v) is 5.64. The van der Waals surface area contributed by atoms with E-state index in [1.165, 1.54) is 6.08 Å². The van der Waals surface area contributed by atoms with Crippen molar-refractivity contribution in [2.75, 3.05) is 39.6 Å². The van der Waals surface area contributed by atoms with Crippen LogP contribution in [-0.2, 0) is 22.8 Å². The summed E-state index contributed by atoms with van der Waals surface area (Å²) in [5.74, 6) is 0. The molecule has 0 bridgehead atoms. The fourth-order valence-electron chi connectivity index (χ4n) is 1.79. The Hall–Kier alpha value is -0.563. The molecular weight excluding hydrogens is 278 g/mol. The third kappa shape index (κ3) is 9.36. The highest BCUT2D eigenvalue weighted by molar-refractivity contribution is 6.60. The molecule has 0 heterocycles. The largest absolute Gasteiger partial charge is 0.501 e. The number of carbonyl (C=O) groups excluding carboxylic acids is 1. The predicted molar refractivity (Wildman–Crippen MR) is 78.5 cm³/mol. The van der Waals surface area contributed by atoms with Gasteiger partial charge in [0.05, 0.1) is 6.54 Å². The molecule has 0 radical (unpaired) electrons. The van der Waals surface area contributed by atoms with Gasteiger partial charge in [-0.15, -0.1) is 0 Å². The second-order valence-corrected chi connectivity index (χ2v) is 6.76. The van der Waals surface area contributed by atoms with Crippen LogP contribution in [-0.4, -0.2) is 54.5 Å². The Labute approximate surface area is 122 Å². The van der Waals surface area contributed by atoms with Crippen molar-refractivity contribution in [2.24, 2.45) is 4.99 Å². The van der Waals surface area contributed by atoms with Crippen LogP contribution in [0.15, 0.2) is 4.99 Å². The standard InChI is InChI=1S/C13H27NO5Si/c1-4-17-20(18-5-2,19-6-3)12-8-11-16-10-7-9-14-13-15/h4-12H2,1-3H3. The molecule has 0 aliphatic carbocycles. The van der Waals surface area contributed by atoms with Crippen molar-refractivity contribution < 1.29 is 22.8 Å². The van der Waals surface area contributed by atoms with Gasteiger partial charge >= 0.3 is 8.80 Å². The van der Waals surface area contributed by atoms with Crippen LogP contribution in [0.4, 0.5) is 0 Å². The molecule has 0 saturated heterocycles.